The number of carbonyl (C=O) groups is 1. The molecule has 0 spiro atoms. The van der Waals surface area contributed by atoms with E-state index in [4.69, 9.17) is 0 Å². The van der Waals surface area contributed by atoms with E-state index < -0.39 is 0 Å². The van der Waals surface area contributed by atoms with Crippen molar-refractivity contribution >= 4 is 29.0 Å². The summed E-state index contributed by atoms with van der Waals surface area (Å²) in [4.78, 5) is 18.1. The van der Waals surface area contributed by atoms with E-state index in [0.29, 0.717) is 12.1 Å². The van der Waals surface area contributed by atoms with Gasteiger partial charge in [0.05, 0.1) is 16.3 Å². The van der Waals surface area contributed by atoms with Gasteiger partial charge in [0.1, 0.15) is 0 Å². The van der Waals surface area contributed by atoms with Crippen LogP contribution >= 0.6 is 23.1 Å². The monoisotopic (exact) mass is 368 g/mol. The Kier molecular flexibility index (Phi) is 5.89. The molecule has 3 rings (SSSR count). The van der Waals surface area contributed by atoms with E-state index >= 15 is 0 Å². The molecule has 5 heteroatoms. The first kappa shape index (κ1) is 17.7. The summed E-state index contributed by atoms with van der Waals surface area (Å²) in [5.74, 6) is 0.728. The van der Waals surface area contributed by atoms with Crippen LogP contribution in [0, 0.1) is 13.8 Å². The number of thioether (sulfide) groups is 1. The zero-order chi connectivity index (χ0) is 17.6. The van der Waals surface area contributed by atoms with Gasteiger partial charge in [0, 0.05) is 22.6 Å². The summed E-state index contributed by atoms with van der Waals surface area (Å²) in [7, 11) is 0. The minimum Gasteiger partial charge on any atom is -0.348 e. The molecule has 128 valence electrons. The van der Waals surface area contributed by atoms with E-state index in [1.807, 2.05) is 43.3 Å². The van der Waals surface area contributed by atoms with Crippen molar-refractivity contribution in [3.05, 3.63) is 81.3 Å². The average molecular weight is 369 g/mol. The molecule has 0 fully saturated rings. The molecule has 1 N–H and O–H groups in total. The fraction of sp³-hybridized carbons (Fsp3) is 0.200. The van der Waals surface area contributed by atoms with Crippen molar-refractivity contribution in [3.8, 4) is 0 Å². The largest absolute Gasteiger partial charge is 0.348 e. The van der Waals surface area contributed by atoms with Crippen LogP contribution in [0.15, 0.2) is 58.8 Å². The van der Waals surface area contributed by atoms with Crippen molar-refractivity contribution in [2.45, 2.75) is 31.0 Å². The predicted octanol–water partition coefficient (Wildman–Crippen LogP) is 4.98. The maximum atomic E-state index is 12.6. The van der Waals surface area contributed by atoms with Crippen LogP contribution in [-0.2, 0) is 12.3 Å². The Balaban J connectivity index is 1.65. The van der Waals surface area contributed by atoms with Crippen LogP contribution in [0.5, 0.6) is 0 Å². The summed E-state index contributed by atoms with van der Waals surface area (Å²) in [6.45, 7) is 4.59. The fourth-order valence-corrected chi connectivity index (χ4v) is 4.17. The highest BCUT2D eigenvalue weighted by molar-refractivity contribution is 7.98. The summed E-state index contributed by atoms with van der Waals surface area (Å²) in [6, 6.07) is 15.9. The van der Waals surface area contributed by atoms with Crippen LogP contribution in [0.25, 0.3) is 0 Å². The first-order valence-corrected chi connectivity index (χ1v) is 9.95. The van der Waals surface area contributed by atoms with Crippen molar-refractivity contribution in [1.82, 2.24) is 10.3 Å². The van der Waals surface area contributed by atoms with Gasteiger partial charge in [0.2, 0.25) is 0 Å². The Morgan fingerprint density at radius 1 is 1.16 bits per heavy atom. The zero-order valence-corrected chi connectivity index (χ0v) is 15.9. The molecule has 0 aliphatic rings. The van der Waals surface area contributed by atoms with Gasteiger partial charge in [0.25, 0.3) is 5.91 Å². The topological polar surface area (TPSA) is 42.0 Å². The lowest BCUT2D eigenvalue weighted by molar-refractivity contribution is 0.0948. The summed E-state index contributed by atoms with van der Waals surface area (Å²) < 4.78 is 0. The smallest absolute Gasteiger partial charge is 0.252 e. The summed E-state index contributed by atoms with van der Waals surface area (Å²) >= 11 is 3.30. The van der Waals surface area contributed by atoms with Crippen LogP contribution in [-0.4, -0.2) is 10.9 Å². The molecule has 1 amide bonds. The SMILES string of the molecule is Cc1cccc(CNC(=O)c2ccccc2SCc2csc(C)n2)c1. The molecule has 1 aromatic heterocycles. The third kappa shape index (κ3) is 4.94. The molecule has 1 heterocycles. The van der Waals surface area contributed by atoms with E-state index in [1.165, 1.54) is 5.56 Å². The second-order valence-electron chi connectivity index (χ2n) is 5.81. The molecule has 3 aromatic rings. The number of benzene rings is 2. The third-order valence-electron chi connectivity index (χ3n) is 3.71. The summed E-state index contributed by atoms with van der Waals surface area (Å²) in [6.07, 6.45) is 0. The number of rotatable bonds is 6. The number of hydrogen-bond donors (Lipinski definition) is 1. The molecule has 0 radical (unpaired) electrons. The Morgan fingerprint density at radius 3 is 2.76 bits per heavy atom. The lowest BCUT2D eigenvalue weighted by Crippen LogP contribution is -2.23. The van der Waals surface area contributed by atoms with E-state index in [0.717, 1.165) is 26.9 Å². The molecule has 0 bridgehead atoms. The molecule has 0 saturated heterocycles. The number of thiazole rings is 1. The Labute approximate surface area is 156 Å². The molecule has 3 nitrogen and oxygen atoms in total. The van der Waals surface area contributed by atoms with E-state index in [1.54, 1.807) is 23.1 Å². The average Bonchev–Trinajstić information content (AvgIpc) is 3.03. The molecule has 0 atom stereocenters. The van der Waals surface area contributed by atoms with Gasteiger partial charge in [-0.2, -0.15) is 0 Å². The molecule has 2 aromatic carbocycles. The van der Waals surface area contributed by atoms with Gasteiger partial charge in [-0.05, 0) is 31.5 Å². The second kappa shape index (κ2) is 8.32. The molecule has 0 unspecified atom stereocenters. The number of amides is 1. The van der Waals surface area contributed by atoms with Crippen molar-refractivity contribution in [1.29, 1.82) is 0 Å². The number of aromatic nitrogens is 1. The Bertz CT molecular complexity index is 873. The fourth-order valence-electron chi connectivity index (χ4n) is 2.51. The van der Waals surface area contributed by atoms with Crippen molar-refractivity contribution in [2.75, 3.05) is 0 Å². The molecule has 0 saturated carbocycles. The second-order valence-corrected chi connectivity index (χ2v) is 7.89. The minimum absolute atomic E-state index is 0.0425. The Hall–Kier alpha value is -2.11. The van der Waals surface area contributed by atoms with Gasteiger partial charge < -0.3 is 5.32 Å². The minimum atomic E-state index is -0.0425. The van der Waals surface area contributed by atoms with Gasteiger partial charge in [-0.1, -0.05) is 42.0 Å². The maximum absolute atomic E-state index is 12.6. The molecule has 0 aliphatic carbocycles. The van der Waals surface area contributed by atoms with Gasteiger partial charge in [-0.15, -0.1) is 23.1 Å². The van der Waals surface area contributed by atoms with Crippen molar-refractivity contribution in [2.24, 2.45) is 0 Å². The Morgan fingerprint density at radius 2 is 2.00 bits per heavy atom. The van der Waals surface area contributed by atoms with Crippen LogP contribution in [0.3, 0.4) is 0 Å². The van der Waals surface area contributed by atoms with Crippen molar-refractivity contribution in [3.63, 3.8) is 0 Å². The highest BCUT2D eigenvalue weighted by atomic mass is 32.2. The van der Waals surface area contributed by atoms with Crippen LogP contribution in [0.4, 0.5) is 0 Å². The van der Waals surface area contributed by atoms with Gasteiger partial charge in [-0.25, -0.2) is 4.98 Å². The third-order valence-corrected chi connectivity index (χ3v) is 5.64. The number of aryl methyl sites for hydroxylation is 2. The number of carbonyl (C=O) groups excluding carboxylic acids is 1. The molecular formula is C20H20N2OS2. The normalized spacial score (nSPS) is 10.6. The number of nitrogens with one attached hydrogen (secondary N) is 1. The molecular weight excluding hydrogens is 348 g/mol. The first-order valence-electron chi connectivity index (χ1n) is 8.08. The van der Waals surface area contributed by atoms with E-state index in [2.05, 4.69) is 34.7 Å². The van der Waals surface area contributed by atoms with Crippen LogP contribution < -0.4 is 5.32 Å². The lowest BCUT2D eigenvalue weighted by Gasteiger charge is -2.10. The summed E-state index contributed by atoms with van der Waals surface area (Å²) in [5, 5.41) is 6.16. The molecule has 25 heavy (non-hydrogen) atoms. The summed E-state index contributed by atoms with van der Waals surface area (Å²) in [5.41, 5.74) is 4.08. The quantitative estimate of drug-likeness (QED) is 0.624. The van der Waals surface area contributed by atoms with Crippen LogP contribution in [0.2, 0.25) is 0 Å². The number of hydrogen-bond acceptors (Lipinski definition) is 4. The zero-order valence-electron chi connectivity index (χ0n) is 14.3. The van der Waals surface area contributed by atoms with E-state index in [9.17, 15) is 4.79 Å². The van der Waals surface area contributed by atoms with Crippen LogP contribution in [0.1, 0.15) is 32.2 Å². The first-order chi connectivity index (χ1) is 12.1. The van der Waals surface area contributed by atoms with E-state index in [-0.39, 0.29) is 5.91 Å². The predicted molar refractivity (Wildman–Crippen MR) is 105 cm³/mol. The van der Waals surface area contributed by atoms with Gasteiger partial charge in [0.15, 0.2) is 0 Å². The molecule has 0 aliphatic heterocycles. The highest BCUT2D eigenvalue weighted by Gasteiger charge is 2.12. The maximum Gasteiger partial charge on any atom is 0.252 e. The van der Waals surface area contributed by atoms with Crippen molar-refractivity contribution < 1.29 is 4.79 Å². The van der Waals surface area contributed by atoms with Gasteiger partial charge in [-0.3, -0.25) is 4.79 Å². The highest BCUT2D eigenvalue weighted by Crippen LogP contribution is 2.26. The standard InChI is InChI=1S/C20H20N2OS2/c1-14-6-5-7-16(10-14)11-21-20(23)18-8-3-4-9-19(18)25-13-17-12-24-15(2)22-17/h3-10,12H,11,13H2,1-2H3,(H,21,23). The lowest BCUT2D eigenvalue weighted by atomic mass is 10.1. The van der Waals surface area contributed by atoms with Gasteiger partial charge >= 0.3 is 0 Å². The number of nitrogens with zero attached hydrogens (tertiary/aromatic N) is 1.